The number of hydrogen-bond donors (Lipinski definition) is 5. The van der Waals surface area contributed by atoms with E-state index in [-0.39, 0.29) is 48.7 Å². The van der Waals surface area contributed by atoms with Crippen molar-refractivity contribution in [2.75, 3.05) is 47.2 Å². The fourth-order valence-electron chi connectivity index (χ4n) is 5.13. The number of alkyl carbamates (subject to hydrolysis) is 1. The third-order valence-electron chi connectivity index (χ3n) is 8.04. The number of nitrogens with zero attached hydrogens (tertiary/aromatic N) is 1. The Morgan fingerprint density at radius 3 is 2.17 bits per heavy atom. The van der Waals surface area contributed by atoms with E-state index in [9.17, 15) is 14.7 Å². The lowest BCUT2D eigenvalue weighted by atomic mass is 9.80. The minimum Gasteiger partial charge on any atom is -0.493 e. The minimum atomic E-state index is -1.01. The molecule has 0 aliphatic rings. The van der Waals surface area contributed by atoms with Crippen LogP contribution in [-0.2, 0) is 25.5 Å². The lowest BCUT2D eigenvalue weighted by molar-refractivity contribution is -0.492. The second-order valence-corrected chi connectivity index (χ2v) is 13.1. The summed E-state index contributed by atoms with van der Waals surface area (Å²) in [5.74, 6) is 1.23. The lowest BCUT2D eigenvalue weighted by Crippen LogP contribution is -2.48. The normalized spacial score (nSPS) is 14.3. The number of carbonyl (C=O) groups is 2. The molecule has 272 valence electrons. The van der Waals surface area contributed by atoms with Crippen molar-refractivity contribution in [3.63, 3.8) is 0 Å². The highest BCUT2D eigenvalue weighted by Gasteiger charge is 2.32. The number of unbranched alkanes of at least 4 members (excludes halogenated alkanes) is 1. The molecule has 0 radical (unpaired) electrons. The summed E-state index contributed by atoms with van der Waals surface area (Å²) in [6.07, 6.45) is 1.19. The first kappa shape index (κ1) is 42.3. The largest absolute Gasteiger partial charge is 0.493 e. The summed E-state index contributed by atoms with van der Waals surface area (Å²) < 4.78 is 22.0. The van der Waals surface area contributed by atoms with Gasteiger partial charge in [0.2, 0.25) is 5.91 Å². The first-order valence-electron chi connectivity index (χ1n) is 16.8. The summed E-state index contributed by atoms with van der Waals surface area (Å²) >= 11 is 0. The predicted octanol–water partition coefficient (Wildman–Crippen LogP) is 5.00. The highest BCUT2D eigenvalue weighted by atomic mass is 17.1. The number of aliphatic hydroxyl groups excluding tert-OH is 1. The van der Waals surface area contributed by atoms with Crippen LogP contribution in [0.15, 0.2) is 18.2 Å². The van der Waals surface area contributed by atoms with E-state index in [1.165, 1.54) is 0 Å². The van der Waals surface area contributed by atoms with E-state index >= 15 is 0 Å². The van der Waals surface area contributed by atoms with Gasteiger partial charge in [0.1, 0.15) is 0 Å². The van der Waals surface area contributed by atoms with Crippen molar-refractivity contribution in [2.24, 2.45) is 29.6 Å². The molecule has 0 aromatic heterocycles. The SMILES string of the molecule is COCCCOc1cc(CC(CC(NC(=O)OCCCCON(O)O)C(O)CC(C(=O)NCC(C)C)C(C)C)C(C)C)ccc1OC. The van der Waals surface area contributed by atoms with E-state index in [0.29, 0.717) is 62.9 Å². The number of rotatable bonds is 25. The van der Waals surface area contributed by atoms with Crippen molar-refractivity contribution in [2.45, 2.75) is 92.2 Å². The summed E-state index contributed by atoms with van der Waals surface area (Å²) in [5, 5.41) is 34.4. The molecule has 0 spiro atoms. The maximum absolute atomic E-state index is 13.1. The first-order valence-corrected chi connectivity index (χ1v) is 16.8. The van der Waals surface area contributed by atoms with Crippen LogP contribution in [0.3, 0.4) is 0 Å². The summed E-state index contributed by atoms with van der Waals surface area (Å²) in [7, 11) is 3.25. The van der Waals surface area contributed by atoms with Gasteiger partial charge in [0, 0.05) is 32.6 Å². The molecule has 47 heavy (non-hydrogen) atoms. The minimum absolute atomic E-state index is 0.0251. The molecule has 4 unspecified atom stereocenters. The summed E-state index contributed by atoms with van der Waals surface area (Å²) in [4.78, 5) is 30.5. The Hall–Kier alpha value is -2.68. The maximum Gasteiger partial charge on any atom is 0.407 e. The third kappa shape index (κ3) is 17.9. The van der Waals surface area contributed by atoms with Crippen molar-refractivity contribution in [1.82, 2.24) is 16.0 Å². The number of benzene rings is 1. The molecular weight excluding hydrogens is 610 g/mol. The number of hydrogen-bond acceptors (Lipinski definition) is 11. The highest BCUT2D eigenvalue weighted by Crippen LogP contribution is 2.32. The van der Waals surface area contributed by atoms with Crippen LogP contribution in [0, 0.1) is 29.6 Å². The molecule has 0 aliphatic carbocycles. The molecule has 1 aromatic carbocycles. The average molecular weight is 672 g/mol. The Morgan fingerprint density at radius 2 is 1.57 bits per heavy atom. The number of carbonyl (C=O) groups excluding carboxylic acids is 2. The Labute approximate surface area is 281 Å². The van der Waals surface area contributed by atoms with Gasteiger partial charge in [-0.05, 0) is 73.5 Å². The molecular formula is C34H61N3O10. The molecule has 0 aliphatic heterocycles. The van der Waals surface area contributed by atoms with Gasteiger partial charge < -0.3 is 34.7 Å². The van der Waals surface area contributed by atoms with Crippen molar-refractivity contribution >= 4 is 12.0 Å². The van der Waals surface area contributed by atoms with Crippen LogP contribution >= 0.6 is 0 Å². The van der Waals surface area contributed by atoms with Crippen molar-refractivity contribution in [3.8, 4) is 11.5 Å². The first-order chi connectivity index (χ1) is 22.3. The van der Waals surface area contributed by atoms with E-state index in [1.54, 1.807) is 14.2 Å². The van der Waals surface area contributed by atoms with Gasteiger partial charge in [-0.1, -0.05) is 47.6 Å². The Kier molecular flexibility index (Phi) is 21.3. The number of methoxy groups -OCH3 is 2. The van der Waals surface area contributed by atoms with Crippen LogP contribution in [0.25, 0.3) is 0 Å². The molecule has 0 saturated heterocycles. The zero-order valence-corrected chi connectivity index (χ0v) is 29.7. The summed E-state index contributed by atoms with van der Waals surface area (Å²) in [6.45, 7) is 13.9. The smallest absolute Gasteiger partial charge is 0.407 e. The van der Waals surface area contributed by atoms with Crippen LogP contribution in [0.4, 0.5) is 4.79 Å². The van der Waals surface area contributed by atoms with Gasteiger partial charge in [-0.15, -0.1) is 0 Å². The molecule has 1 aromatic rings. The van der Waals surface area contributed by atoms with Gasteiger partial charge >= 0.3 is 6.09 Å². The number of amides is 2. The fraction of sp³-hybridized carbons (Fsp3) is 0.765. The molecule has 2 amide bonds. The average Bonchev–Trinajstić information content (AvgIpc) is 3.01. The van der Waals surface area contributed by atoms with Gasteiger partial charge in [-0.3, -0.25) is 20.0 Å². The Balaban J connectivity index is 3.14. The zero-order valence-electron chi connectivity index (χ0n) is 29.7. The van der Waals surface area contributed by atoms with E-state index in [1.807, 2.05) is 45.9 Å². The number of nitrogens with one attached hydrogen (secondary N) is 2. The molecule has 5 N–H and O–H groups in total. The molecule has 13 heteroatoms. The van der Waals surface area contributed by atoms with Gasteiger partial charge in [-0.2, -0.15) is 0 Å². The van der Waals surface area contributed by atoms with E-state index in [2.05, 4.69) is 29.3 Å². The molecule has 0 heterocycles. The standard InChI is InChI=1S/C34H61N3O10/c1-23(2)22-35-33(39)28(25(5)6)21-30(38)29(36-34(40)46-15-9-10-17-47-37(41)42)20-27(24(3)4)18-26-12-13-31(44-8)32(19-26)45-16-11-14-43-7/h12-13,19,23-25,27-30,38,41-42H,9-11,14-18,20-22H2,1-8H3,(H,35,39)(H,36,40). The Morgan fingerprint density at radius 1 is 0.872 bits per heavy atom. The number of ether oxygens (including phenoxy) is 4. The van der Waals surface area contributed by atoms with Crippen LogP contribution in [-0.4, -0.2) is 92.2 Å². The van der Waals surface area contributed by atoms with Crippen molar-refractivity contribution in [3.05, 3.63) is 23.8 Å². The van der Waals surface area contributed by atoms with Crippen LogP contribution in [0.2, 0.25) is 0 Å². The van der Waals surface area contributed by atoms with Crippen LogP contribution in [0.5, 0.6) is 11.5 Å². The predicted molar refractivity (Wildman–Crippen MR) is 177 cm³/mol. The fourth-order valence-corrected chi connectivity index (χ4v) is 5.13. The number of aliphatic hydroxyl groups is 1. The summed E-state index contributed by atoms with van der Waals surface area (Å²) in [6, 6.07) is 5.16. The maximum atomic E-state index is 13.1. The Bertz CT molecular complexity index is 1010. The van der Waals surface area contributed by atoms with Gasteiger partial charge in [0.15, 0.2) is 11.5 Å². The van der Waals surface area contributed by atoms with Gasteiger partial charge in [0.05, 0.1) is 44.5 Å². The van der Waals surface area contributed by atoms with Crippen LogP contribution in [0.1, 0.15) is 79.2 Å². The van der Waals surface area contributed by atoms with E-state index in [0.717, 1.165) is 12.0 Å². The molecule has 0 saturated carbocycles. The summed E-state index contributed by atoms with van der Waals surface area (Å²) in [5.41, 5.74) is 1.03. The quantitative estimate of drug-likeness (QED) is 0.0701. The molecule has 1 rings (SSSR count). The lowest BCUT2D eigenvalue weighted by Gasteiger charge is -2.32. The molecule has 0 bridgehead atoms. The molecule has 0 fully saturated rings. The van der Waals surface area contributed by atoms with Gasteiger partial charge in [-0.25, -0.2) is 4.79 Å². The second kappa shape index (κ2) is 23.6. The second-order valence-electron chi connectivity index (χ2n) is 13.1. The van der Waals surface area contributed by atoms with Gasteiger partial charge in [0.25, 0.3) is 0 Å². The van der Waals surface area contributed by atoms with Crippen molar-refractivity contribution in [1.29, 1.82) is 0 Å². The molecule has 13 nitrogen and oxygen atoms in total. The van der Waals surface area contributed by atoms with Crippen LogP contribution < -0.4 is 20.1 Å². The monoisotopic (exact) mass is 671 g/mol. The third-order valence-corrected chi connectivity index (χ3v) is 8.04. The highest BCUT2D eigenvalue weighted by molar-refractivity contribution is 5.79. The topological polar surface area (TPSA) is 168 Å². The molecule has 4 atom stereocenters. The van der Waals surface area contributed by atoms with E-state index in [4.69, 9.17) is 29.4 Å². The van der Waals surface area contributed by atoms with Crippen molar-refractivity contribution < 1.29 is 48.9 Å². The van der Waals surface area contributed by atoms with E-state index < -0.39 is 24.2 Å². The zero-order chi connectivity index (χ0) is 35.4.